The molecule has 0 spiro atoms. The number of aliphatic hydroxyl groups excluding tert-OH is 1. The fourth-order valence-corrected chi connectivity index (χ4v) is 2.48. The zero-order chi connectivity index (χ0) is 11.1. The first-order chi connectivity index (χ1) is 7.06. The van der Waals surface area contributed by atoms with Gasteiger partial charge >= 0.3 is 0 Å². The van der Waals surface area contributed by atoms with Crippen LogP contribution < -0.4 is 0 Å². The SMILES string of the molecule is [CH2]C(O)C1(c2ccc(Cl)c(Cl)c2)CCC1. The lowest BCUT2D eigenvalue weighted by Crippen LogP contribution is -2.44. The average Bonchev–Trinajstić information content (AvgIpc) is 2.08. The largest absolute Gasteiger partial charge is 0.392 e. The number of benzene rings is 1. The molecule has 1 aliphatic rings. The fourth-order valence-electron chi connectivity index (χ4n) is 2.18. The summed E-state index contributed by atoms with van der Waals surface area (Å²) in [4.78, 5) is 0. The minimum absolute atomic E-state index is 0.200. The van der Waals surface area contributed by atoms with E-state index in [0.717, 1.165) is 24.8 Å². The van der Waals surface area contributed by atoms with E-state index in [1.807, 2.05) is 12.1 Å². The van der Waals surface area contributed by atoms with Gasteiger partial charge in [-0.15, -0.1) is 0 Å². The maximum atomic E-state index is 9.75. The van der Waals surface area contributed by atoms with Crippen molar-refractivity contribution >= 4 is 23.2 Å². The van der Waals surface area contributed by atoms with Crippen LogP contribution in [0.5, 0.6) is 0 Å². The molecule has 0 aromatic heterocycles. The van der Waals surface area contributed by atoms with Crippen molar-refractivity contribution in [3.63, 3.8) is 0 Å². The van der Waals surface area contributed by atoms with Crippen LogP contribution in [0.1, 0.15) is 24.8 Å². The summed E-state index contributed by atoms with van der Waals surface area (Å²) in [5.74, 6) is 0. The van der Waals surface area contributed by atoms with Gasteiger partial charge in [-0.2, -0.15) is 0 Å². The second-order valence-corrected chi connectivity index (χ2v) is 4.97. The van der Waals surface area contributed by atoms with E-state index in [2.05, 4.69) is 6.92 Å². The molecular formula is C12H13Cl2O. The van der Waals surface area contributed by atoms with Gasteiger partial charge in [-0.3, -0.25) is 0 Å². The van der Waals surface area contributed by atoms with Gasteiger partial charge in [0.25, 0.3) is 0 Å². The van der Waals surface area contributed by atoms with E-state index in [4.69, 9.17) is 23.2 Å². The van der Waals surface area contributed by atoms with Crippen LogP contribution in [-0.2, 0) is 5.41 Å². The van der Waals surface area contributed by atoms with Crippen LogP contribution in [0.25, 0.3) is 0 Å². The second-order valence-electron chi connectivity index (χ2n) is 4.15. The maximum absolute atomic E-state index is 9.75. The molecule has 0 heterocycles. The van der Waals surface area contributed by atoms with E-state index in [9.17, 15) is 5.11 Å². The van der Waals surface area contributed by atoms with Crippen molar-refractivity contribution in [1.29, 1.82) is 0 Å². The summed E-state index contributed by atoms with van der Waals surface area (Å²) in [5.41, 5.74) is 0.847. The lowest BCUT2D eigenvalue weighted by Gasteiger charge is -2.45. The van der Waals surface area contributed by atoms with Crippen LogP contribution >= 0.6 is 23.2 Å². The average molecular weight is 244 g/mol. The molecule has 0 bridgehead atoms. The lowest BCUT2D eigenvalue weighted by atomic mass is 9.61. The highest BCUT2D eigenvalue weighted by molar-refractivity contribution is 6.42. The van der Waals surface area contributed by atoms with Crippen molar-refractivity contribution in [2.75, 3.05) is 0 Å². The Hall–Kier alpha value is -0.240. The number of aliphatic hydroxyl groups is 1. The Morgan fingerprint density at radius 3 is 2.33 bits per heavy atom. The second kappa shape index (κ2) is 3.97. The highest BCUT2D eigenvalue weighted by Gasteiger charge is 2.42. The molecule has 1 radical (unpaired) electrons. The molecular weight excluding hydrogens is 231 g/mol. The fraction of sp³-hybridized carbons (Fsp3) is 0.417. The number of halogens is 2. The number of rotatable bonds is 2. The van der Waals surface area contributed by atoms with Crippen molar-refractivity contribution in [3.8, 4) is 0 Å². The molecule has 1 N–H and O–H groups in total. The predicted molar refractivity (Wildman–Crippen MR) is 63.4 cm³/mol. The van der Waals surface area contributed by atoms with Crippen LogP contribution in [0.2, 0.25) is 10.0 Å². The highest BCUT2D eigenvalue weighted by Crippen LogP contribution is 2.47. The van der Waals surface area contributed by atoms with Crippen LogP contribution in [-0.4, -0.2) is 11.2 Å². The van der Waals surface area contributed by atoms with E-state index in [-0.39, 0.29) is 5.41 Å². The zero-order valence-corrected chi connectivity index (χ0v) is 9.85. The van der Waals surface area contributed by atoms with Crippen LogP contribution in [0.15, 0.2) is 18.2 Å². The summed E-state index contributed by atoms with van der Waals surface area (Å²) in [7, 11) is 0. The molecule has 1 fully saturated rings. The molecule has 1 atom stereocenters. The quantitative estimate of drug-likeness (QED) is 0.842. The molecule has 0 aliphatic heterocycles. The Kier molecular flexibility index (Phi) is 2.98. The normalized spacial score (nSPS) is 20.8. The molecule has 1 aromatic rings. The van der Waals surface area contributed by atoms with Crippen molar-refractivity contribution < 1.29 is 5.11 Å². The van der Waals surface area contributed by atoms with Gasteiger partial charge in [0.1, 0.15) is 0 Å². The van der Waals surface area contributed by atoms with Gasteiger partial charge in [-0.1, -0.05) is 35.7 Å². The minimum atomic E-state index is -0.580. The Bertz CT molecular complexity index is 370. The monoisotopic (exact) mass is 243 g/mol. The number of hydrogen-bond donors (Lipinski definition) is 1. The van der Waals surface area contributed by atoms with Crippen LogP contribution in [0.4, 0.5) is 0 Å². The summed E-state index contributed by atoms with van der Waals surface area (Å²) in [6.45, 7) is 3.74. The minimum Gasteiger partial charge on any atom is -0.392 e. The van der Waals surface area contributed by atoms with Gasteiger partial charge in [0.2, 0.25) is 0 Å². The van der Waals surface area contributed by atoms with E-state index in [1.165, 1.54) is 0 Å². The molecule has 0 saturated heterocycles. The van der Waals surface area contributed by atoms with E-state index in [1.54, 1.807) is 6.07 Å². The first-order valence-corrected chi connectivity index (χ1v) is 5.78. The molecule has 1 saturated carbocycles. The summed E-state index contributed by atoms with van der Waals surface area (Å²) in [6, 6.07) is 5.56. The lowest BCUT2D eigenvalue weighted by molar-refractivity contribution is 0.0607. The third kappa shape index (κ3) is 1.77. The first-order valence-electron chi connectivity index (χ1n) is 5.03. The summed E-state index contributed by atoms with van der Waals surface area (Å²) >= 11 is 11.8. The maximum Gasteiger partial charge on any atom is 0.0637 e. The Morgan fingerprint density at radius 1 is 1.27 bits per heavy atom. The summed E-state index contributed by atoms with van der Waals surface area (Å²) in [5, 5.41) is 10.8. The summed E-state index contributed by atoms with van der Waals surface area (Å²) in [6.07, 6.45) is 2.49. The predicted octanol–water partition coefficient (Wildman–Crippen LogP) is 3.61. The van der Waals surface area contributed by atoms with Gasteiger partial charge in [0.15, 0.2) is 0 Å². The summed E-state index contributed by atoms with van der Waals surface area (Å²) < 4.78 is 0. The standard InChI is InChI=1S/C12H13Cl2O/c1-8(15)12(5-2-6-12)9-3-4-10(13)11(14)7-9/h3-4,7-8,15H,1-2,5-6H2. The molecule has 15 heavy (non-hydrogen) atoms. The topological polar surface area (TPSA) is 20.2 Å². The molecule has 81 valence electrons. The molecule has 1 nitrogen and oxygen atoms in total. The van der Waals surface area contributed by atoms with Crippen molar-refractivity contribution in [1.82, 2.24) is 0 Å². The molecule has 0 amide bonds. The van der Waals surface area contributed by atoms with Crippen molar-refractivity contribution in [2.24, 2.45) is 0 Å². The Balaban J connectivity index is 2.39. The highest BCUT2D eigenvalue weighted by atomic mass is 35.5. The van der Waals surface area contributed by atoms with E-state index < -0.39 is 6.10 Å². The third-order valence-electron chi connectivity index (χ3n) is 3.38. The molecule has 3 heteroatoms. The third-order valence-corrected chi connectivity index (χ3v) is 4.12. The number of hydrogen-bond acceptors (Lipinski definition) is 1. The molecule has 1 aliphatic carbocycles. The van der Waals surface area contributed by atoms with Gasteiger partial charge < -0.3 is 5.11 Å². The van der Waals surface area contributed by atoms with Crippen molar-refractivity contribution in [3.05, 3.63) is 40.7 Å². The molecule has 1 unspecified atom stereocenters. The van der Waals surface area contributed by atoms with Gasteiger partial charge in [-0.05, 0) is 37.5 Å². The van der Waals surface area contributed by atoms with Gasteiger partial charge in [0.05, 0.1) is 16.1 Å². The Morgan fingerprint density at radius 2 is 1.93 bits per heavy atom. The van der Waals surface area contributed by atoms with Gasteiger partial charge in [0, 0.05) is 5.41 Å². The molecule has 1 aromatic carbocycles. The smallest absolute Gasteiger partial charge is 0.0637 e. The molecule has 2 rings (SSSR count). The van der Waals surface area contributed by atoms with E-state index >= 15 is 0 Å². The van der Waals surface area contributed by atoms with Crippen LogP contribution in [0, 0.1) is 6.92 Å². The first kappa shape index (κ1) is 11.3. The zero-order valence-electron chi connectivity index (χ0n) is 8.34. The van der Waals surface area contributed by atoms with Gasteiger partial charge in [-0.25, -0.2) is 0 Å². The Labute approximate surface area is 100 Å². The van der Waals surface area contributed by atoms with E-state index in [0.29, 0.717) is 10.0 Å². The van der Waals surface area contributed by atoms with Crippen molar-refractivity contribution in [2.45, 2.75) is 30.8 Å². The van der Waals surface area contributed by atoms with Crippen LogP contribution in [0.3, 0.4) is 0 Å².